The number of aryl methyl sites for hydroxylation is 1. The Kier molecular flexibility index (Phi) is 4.10. The average molecular weight is 375 g/mol. The number of anilines is 1. The zero-order valence-corrected chi connectivity index (χ0v) is 15.3. The Hall–Kier alpha value is -3.13. The van der Waals surface area contributed by atoms with E-state index in [0.717, 1.165) is 58.7 Å². The second-order valence-corrected chi connectivity index (χ2v) is 7.29. The monoisotopic (exact) mass is 375 g/mol. The molecule has 0 spiro atoms. The summed E-state index contributed by atoms with van der Waals surface area (Å²) in [5.41, 5.74) is 3.32. The van der Waals surface area contributed by atoms with Gasteiger partial charge in [-0.2, -0.15) is 5.10 Å². The number of nitrogens with one attached hydrogen (secondary N) is 2. The largest absolute Gasteiger partial charge is 0.362 e. The van der Waals surface area contributed by atoms with Crippen LogP contribution in [0.5, 0.6) is 0 Å². The van der Waals surface area contributed by atoms with E-state index in [1.807, 2.05) is 29.6 Å². The predicted octanol–water partition coefficient (Wildman–Crippen LogP) is 3.49. The zero-order chi connectivity index (χ0) is 18.1. The molecular weight excluding hydrogens is 358 g/mol. The highest BCUT2D eigenvalue weighted by Gasteiger charge is 2.20. The fraction of sp³-hybridized carbons (Fsp3) is 0.211. The topological polar surface area (TPSA) is 92.3 Å². The number of hydrogen-bond donors (Lipinski definition) is 2. The van der Waals surface area contributed by atoms with E-state index in [2.05, 4.69) is 25.5 Å². The summed E-state index contributed by atoms with van der Waals surface area (Å²) in [6, 6.07) is 7.89. The molecule has 0 amide bonds. The van der Waals surface area contributed by atoms with Gasteiger partial charge in [-0.3, -0.25) is 10.1 Å². The second kappa shape index (κ2) is 6.88. The van der Waals surface area contributed by atoms with Crippen LogP contribution in [0.3, 0.4) is 0 Å². The molecule has 4 aromatic rings. The Morgan fingerprint density at radius 2 is 1.96 bits per heavy atom. The molecule has 4 heterocycles. The van der Waals surface area contributed by atoms with Gasteiger partial charge in [-0.05, 0) is 42.8 Å². The molecule has 0 aliphatic heterocycles. The molecule has 0 saturated heterocycles. The van der Waals surface area contributed by atoms with Crippen LogP contribution < -0.4 is 5.32 Å². The van der Waals surface area contributed by atoms with Gasteiger partial charge in [0.15, 0.2) is 11.6 Å². The summed E-state index contributed by atoms with van der Waals surface area (Å²) in [5, 5.41) is 12.8. The molecule has 27 heavy (non-hydrogen) atoms. The van der Waals surface area contributed by atoms with Gasteiger partial charge in [0.1, 0.15) is 11.6 Å². The van der Waals surface area contributed by atoms with Crippen molar-refractivity contribution in [2.45, 2.75) is 25.8 Å². The first-order valence-corrected chi connectivity index (χ1v) is 9.74. The average Bonchev–Trinajstić information content (AvgIpc) is 3.47. The third-order valence-electron chi connectivity index (χ3n) is 4.57. The molecule has 8 heteroatoms. The molecular formula is C19H17N7S. The standard InChI is InChI=1S/C19H17N7S/c1-3-13-14(4-1)22-17(12-6-8-20-9-7-12)24-18(13)21-11-16-23-19(26-25-16)15-5-2-10-27-15/h2,5-10H,1,3-4,11H2,(H,21,22,24)(H,23,25,26). The lowest BCUT2D eigenvalue weighted by molar-refractivity contribution is 0.899. The molecule has 0 aromatic carbocycles. The summed E-state index contributed by atoms with van der Waals surface area (Å²) in [5.74, 6) is 3.14. The van der Waals surface area contributed by atoms with Crippen LogP contribution in [0.15, 0.2) is 42.0 Å². The molecule has 4 aromatic heterocycles. The van der Waals surface area contributed by atoms with Crippen LogP contribution in [-0.2, 0) is 19.4 Å². The van der Waals surface area contributed by atoms with Crippen molar-refractivity contribution in [2.24, 2.45) is 0 Å². The van der Waals surface area contributed by atoms with E-state index in [-0.39, 0.29) is 0 Å². The number of aromatic amines is 1. The number of nitrogens with zero attached hydrogens (tertiary/aromatic N) is 5. The molecule has 2 N–H and O–H groups in total. The van der Waals surface area contributed by atoms with Crippen molar-refractivity contribution in [3.05, 3.63) is 59.1 Å². The van der Waals surface area contributed by atoms with Crippen molar-refractivity contribution in [1.82, 2.24) is 30.1 Å². The lowest BCUT2D eigenvalue weighted by atomic mass is 10.2. The normalized spacial score (nSPS) is 12.9. The van der Waals surface area contributed by atoms with Crippen molar-refractivity contribution in [3.8, 4) is 22.1 Å². The van der Waals surface area contributed by atoms with Gasteiger partial charge in [0, 0.05) is 29.2 Å². The number of thiophene rings is 1. The molecule has 0 atom stereocenters. The Balaban J connectivity index is 1.41. The Morgan fingerprint density at radius 3 is 2.81 bits per heavy atom. The lowest BCUT2D eigenvalue weighted by Crippen LogP contribution is -2.08. The maximum Gasteiger partial charge on any atom is 0.191 e. The number of aromatic nitrogens is 6. The summed E-state index contributed by atoms with van der Waals surface area (Å²) >= 11 is 1.63. The van der Waals surface area contributed by atoms with Crippen LogP contribution in [0.2, 0.25) is 0 Å². The Labute approximate surface area is 160 Å². The van der Waals surface area contributed by atoms with Gasteiger partial charge in [0.2, 0.25) is 0 Å². The van der Waals surface area contributed by atoms with Crippen molar-refractivity contribution in [1.29, 1.82) is 0 Å². The van der Waals surface area contributed by atoms with Crippen molar-refractivity contribution < 1.29 is 0 Å². The summed E-state index contributed by atoms with van der Waals surface area (Å²) in [6.45, 7) is 0.539. The minimum Gasteiger partial charge on any atom is -0.362 e. The fourth-order valence-corrected chi connectivity index (χ4v) is 3.92. The maximum absolute atomic E-state index is 4.78. The van der Waals surface area contributed by atoms with Crippen LogP contribution in [0.1, 0.15) is 23.5 Å². The molecule has 0 saturated carbocycles. The van der Waals surface area contributed by atoms with Crippen LogP contribution in [-0.4, -0.2) is 30.1 Å². The quantitative estimate of drug-likeness (QED) is 0.555. The predicted molar refractivity (Wildman–Crippen MR) is 104 cm³/mol. The van der Waals surface area contributed by atoms with Crippen LogP contribution in [0, 0.1) is 0 Å². The first-order valence-electron chi connectivity index (χ1n) is 8.86. The second-order valence-electron chi connectivity index (χ2n) is 6.35. The van der Waals surface area contributed by atoms with Gasteiger partial charge in [0.05, 0.1) is 11.4 Å². The van der Waals surface area contributed by atoms with E-state index in [0.29, 0.717) is 6.54 Å². The maximum atomic E-state index is 4.78. The molecule has 0 radical (unpaired) electrons. The van der Waals surface area contributed by atoms with E-state index < -0.39 is 0 Å². The fourth-order valence-electron chi connectivity index (χ4n) is 3.27. The first kappa shape index (κ1) is 16.1. The van der Waals surface area contributed by atoms with Crippen molar-refractivity contribution in [2.75, 3.05) is 5.32 Å². The highest BCUT2D eigenvalue weighted by atomic mass is 32.1. The SMILES string of the molecule is c1csc(-c2n[nH]c(CNc3nc(-c4ccncc4)nc4c3CCC4)n2)c1. The van der Waals surface area contributed by atoms with Gasteiger partial charge in [0.25, 0.3) is 0 Å². The summed E-state index contributed by atoms with van der Waals surface area (Å²) < 4.78 is 0. The van der Waals surface area contributed by atoms with Gasteiger partial charge in [-0.1, -0.05) is 6.07 Å². The minimum absolute atomic E-state index is 0.539. The molecule has 134 valence electrons. The van der Waals surface area contributed by atoms with Crippen LogP contribution in [0.4, 0.5) is 5.82 Å². The van der Waals surface area contributed by atoms with Gasteiger partial charge >= 0.3 is 0 Å². The third-order valence-corrected chi connectivity index (χ3v) is 5.43. The Bertz CT molecular complexity index is 1060. The number of fused-ring (bicyclic) bond motifs is 1. The van der Waals surface area contributed by atoms with Crippen molar-refractivity contribution in [3.63, 3.8) is 0 Å². The molecule has 5 rings (SSSR count). The van der Waals surface area contributed by atoms with Gasteiger partial charge in [-0.25, -0.2) is 15.0 Å². The highest BCUT2D eigenvalue weighted by molar-refractivity contribution is 7.13. The summed E-state index contributed by atoms with van der Waals surface area (Å²) in [4.78, 5) is 19.2. The number of hydrogen-bond acceptors (Lipinski definition) is 7. The zero-order valence-electron chi connectivity index (χ0n) is 14.5. The van der Waals surface area contributed by atoms with Crippen LogP contribution in [0.25, 0.3) is 22.1 Å². The highest BCUT2D eigenvalue weighted by Crippen LogP contribution is 2.29. The minimum atomic E-state index is 0.539. The smallest absolute Gasteiger partial charge is 0.191 e. The first-order chi connectivity index (χ1) is 13.4. The lowest BCUT2D eigenvalue weighted by Gasteiger charge is -2.11. The number of pyridine rings is 1. The van der Waals surface area contributed by atoms with E-state index in [9.17, 15) is 0 Å². The van der Waals surface area contributed by atoms with E-state index in [1.165, 1.54) is 5.56 Å². The van der Waals surface area contributed by atoms with Crippen LogP contribution >= 0.6 is 11.3 Å². The molecule has 1 aliphatic carbocycles. The molecule has 1 aliphatic rings. The molecule has 7 nitrogen and oxygen atoms in total. The molecule has 0 bridgehead atoms. The van der Waals surface area contributed by atoms with E-state index in [1.54, 1.807) is 23.7 Å². The number of H-pyrrole nitrogens is 1. The van der Waals surface area contributed by atoms with E-state index in [4.69, 9.17) is 9.97 Å². The van der Waals surface area contributed by atoms with Crippen molar-refractivity contribution >= 4 is 17.2 Å². The number of rotatable bonds is 5. The molecule has 0 fully saturated rings. The van der Waals surface area contributed by atoms with Gasteiger partial charge in [-0.15, -0.1) is 11.3 Å². The summed E-state index contributed by atoms with van der Waals surface area (Å²) in [6.07, 6.45) is 6.64. The summed E-state index contributed by atoms with van der Waals surface area (Å²) in [7, 11) is 0. The van der Waals surface area contributed by atoms with Gasteiger partial charge < -0.3 is 5.32 Å². The molecule has 0 unspecified atom stereocenters. The third kappa shape index (κ3) is 3.19. The van der Waals surface area contributed by atoms with E-state index >= 15 is 0 Å². The Morgan fingerprint density at radius 1 is 1.04 bits per heavy atom.